The second kappa shape index (κ2) is 2.54. The summed E-state index contributed by atoms with van der Waals surface area (Å²) < 4.78 is 14.9. The average Bonchev–Trinajstić information content (AvgIpc) is 2.60. The molecule has 11 heavy (non-hydrogen) atoms. The summed E-state index contributed by atoms with van der Waals surface area (Å²) in [5.41, 5.74) is 0. The molecule has 0 atom stereocenters. The van der Waals surface area contributed by atoms with Gasteiger partial charge in [0.15, 0.2) is 11.5 Å². The maximum absolute atomic E-state index is 5.27. The average molecular weight is 150 g/mol. The van der Waals surface area contributed by atoms with Crippen LogP contribution in [0.1, 0.15) is 0 Å². The lowest BCUT2D eigenvalue weighted by Gasteiger charge is -1.94. The fourth-order valence-electron chi connectivity index (χ4n) is 0.756. The zero-order valence-corrected chi connectivity index (χ0v) is 5.69. The molecule has 0 aliphatic rings. The van der Waals surface area contributed by atoms with Gasteiger partial charge in [0.1, 0.15) is 12.5 Å². The van der Waals surface area contributed by atoms with Gasteiger partial charge in [-0.3, -0.25) is 0 Å². The Morgan fingerprint density at radius 3 is 1.82 bits per heavy atom. The Bertz CT molecular complexity index is 262. The Balaban J connectivity index is 2.14. The molecule has 0 aromatic carbocycles. The fourth-order valence-corrected chi connectivity index (χ4v) is 0.756. The molecule has 0 fully saturated rings. The third-order valence-electron chi connectivity index (χ3n) is 1.23. The van der Waals surface area contributed by atoms with E-state index in [1.165, 1.54) is 12.5 Å². The van der Waals surface area contributed by atoms with Gasteiger partial charge >= 0.3 is 0 Å². The lowest BCUT2D eigenvalue weighted by molar-refractivity contribution is 0.454. The van der Waals surface area contributed by atoms with Crippen molar-refractivity contribution < 1.29 is 13.6 Å². The molecular weight excluding hydrogens is 144 g/mol. The molecule has 0 amide bonds. The van der Waals surface area contributed by atoms with Crippen LogP contribution in [0, 0.1) is 0 Å². The first kappa shape index (κ1) is 6.09. The molecule has 0 aliphatic carbocycles. The van der Waals surface area contributed by atoms with Crippen LogP contribution in [0.3, 0.4) is 0 Å². The smallest absolute Gasteiger partial charge is 0.165 e. The molecular formula is C8H6O3. The van der Waals surface area contributed by atoms with Gasteiger partial charge in [-0.25, -0.2) is 0 Å². The van der Waals surface area contributed by atoms with Crippen LogP contribution in [0.2, 0.25) is 0 Å². The van der Waals surface area contributed by atoms with Gasteiger partial charge in [0, 0.05) is 12.1 Å². The van der Waals surface area contributed by atoms with Gasteiger partial charge in [-0.1, -0.05) is 0 Å². The first-order chi connectivity index (χ1) is 5.45. The molecule has 2 rings (SSSR count). The maximum atomic E-state index is 5.27. The van der Waals surface area contributed by atoms with Crippen molar-refractivity contribution >= 4 is 0 Å². The number of hydrogen-bond donors (Lipinski definition) is 0. The largest absolute Gasteiger partial charge is 0.469 e. The number of furan rings is 2. The van der Waals surface area contributed by atoms with Crippen LogP contribution in [0.5, 0.6) is 11.5 Å². The SMILES string of the molecule is c1cc(Oc2ccoc2)co1. The summed E-state index contributed by atoms with van der Waals surface area (Å²) in [6.07, 6.45) is 6.14. The van der Waals surface area contributed by atoms with Crippen LogP contribution >= 0.6 is 0 Å². The van der Waals surface area contributed by atoms with Crippen LogP contribution in [0.25, 0.3) is 0 Å². The highest BCUT2D eigenvalue weighted by Crippen LogP contribution is 2.20. The van der Waals surface area contributed by atoms with Crippen molar-refractivity contribution in [2.45, 2.75) is 0 Å². The van der Waals surface area contributed by atoms with Gasteiger partial charge < -0.3 is 13.6 Å². The molecule has 2 aromatic rings. The maximum Gasteiger partial charge on any atom is 0.165 e. The van der Waals surface area contributed by atoms with E-state index in [0.29, 0.717) is 11.5 Å². The second-order valence-corrected chi connectivity index (χ2v) is 2.02. The summed E-state index contributed by atoms with van der Waals surface area (Å²) in [7, 11) is 0. The monoisotopic (exact) mass is 150 g/mol. The van der Waals surface area contributed by atoms with Gasteiger partial charge in [0.25, 0.3) is 0 Å². The molecule has 0 saturated carbocycles. The summed E-state index contributed by atoms with van der Waals surface area (Å²) in [6, 6.07) is 3.46. The molecule has 2 aromatic heterocycles. The van der Waals surface area contributed by atoms with Crippen molar-refractivity contribution in [3.05, 3.63) is 37.2 Å². The second-order valence-electron chi connectivity index (χ2n) is 2.02. The summed E-state index contributed by atoms with van der Waals surface area (Å²) in [6.45, 7) is 0. The summed E-state index contributed by atoms with van der Waals surface area (Å²) in [4.78, 5) is 0. The Morgan fingerprint density at radius 1 is 0.909 bits per heavy atom. The van der Waals surface area contributed by atoms with Gasteiger partial charge in [-0.05, 0) is 0 Å². The zero-order valence-electron chi connectivity index (χ0n) is 5.69. The van der Waals surface area contributed by atoms with E-state index >= 15 is 0 Å². The third kappa shape index (κ3) is 1.26. The molecule has 3 nitrogen and oxygen atoms in total. The molecule has 0 bridgehead atoms. The van der Waals surface area contributed by atoms with E-state index in [1.807, 2.05) is 0 Å². The van der Waals surface area contributed by atoms with Crippen LogP contribution in [0.4, 0.5) is 0 Å². The Morgan fingerprint density at radius 2 is 1.45 bits per heavy atom. The molecule has 0 unspecified atom stereocenters. The first-order valence-electron chi connectivity index (χ1n) is 3.17. The fraction of sp³-hybridized carbons (Fsp3) is 0. The molecule has 0 radical (unpaired) electrons. The van der Waals surface area contributed by atoms with Gasteiger partial charge in [0.05, 0.1) is 12.5 Å². The number of rotatable bonds is 2. The predicted molar refractivity (Wildman–Crippen MR) is 37.5 cm³/mol. The lowest BCUT2D eigenvalue weighted by Crippen LogP contribution is -1.75. The van der Waals surface area contributed by atoms with Crippen LogP contribution in [-0.4, -0.2) is 0 Å². The van der Waals surface area contributed by atoms with Gasteiger partial charge in [0.2, 0.25) is 0 Å². The molecule has 2 heterocycles. The first-order valence-corrected chi connectivity index (χ1v) is 3.17. The van der Waals surface area contributed by atoms with Crippen molar-refractivity contribution in [1.29, 1.82) is 0 Å². The van der Waals surface area contributed by atoms with Gasteiger partial charge in [-0.15, -0.1) is 0 Å². The van der Waals surface area contributed by atoms with E-state index in [1.54, 1.807) is 24.7 Å². The van der Waals surface area contributed by atoms with E-state index in [0.717, 1.165) is 0 Å². The molecule has 3 heteroatoms. The van der Waals surface area contributed by atoms with Crippen molar-refractivity contribution in [3.8, 4) is 11.5 Å². The Labute approximate surface area is 63.2 Å². The topological polar surface area (TPSA) is 35.5 Å². The summed E-state index contributed by atoms with van der Waals surface area (Å²) >= 11 is 0. The summed E-state index contributed by atoms with van der Waals surface area (Å²) in [5, 5.41) is 0. The highest BCUT2D eigenvalue weighted by Gasteiger charge is 1.97. The highest BCUT2D eigenvalue weighted by atomic mass is 16.5. The van der Waals surface area contributed by atoms with Crippen LogP contribution < -0.4 is 4.74 Å². The minimum atomic E-state index is 0.673. The summed E-state index contributed by atoms with van der Waals surface area (Å²) in [5.74, 6) is 1.35. The molecule has 56 valence electrons. The highest BCUT2D eigenvalue weighted by molar-refractivity contribution is 5.23. The molecule has 0 saturated heterocycles. The van der Waals surface area contributed by atoms with Crippen LogP contribution in [-0.2, 0) is 0 Å². The lowest BCUT2D eigenvalue weighted by atomic mass is 10.5. The normalized spacial score (nSPS) is 9.82. The Kier molecular flexibility index (Phi) is 1.41. The number of ether oxygens (including phenoxy) is 1. The molecule has 0 N–H and O–H groups in total. The molecule has 0 aliphatic heterocycles. The third-order valence-corrected chi connectivity index (χ3v) is 1.23. The van der Waals surface area contributed by atoms with E-state index in [9.17, 15) is 0 Å². The minimum absolute atomic E-state index is 0.673. The van der Waals surface area contributed by atoms with Crippen molar-refractivity contribution in [2.24, 2.45) is 0 Å². The standard InChI is InChI=1S/C8H6O3/c1-3-9-5-7(1)11-8-2-4-10-6-8/h1-6H. The van der Waals surface area contributed by atoms with Gasteiger partial charge in [-0.2, -0.15) is 0 Å². The zero-order chi connectivity index (χ0) is 7.52. The van der Waals surface area contributed by atoms with E-state index in [4.69, 9.17) is 13.6 Å². The van der Waals surface area contributed by atoms with Crippen molar-refractivity contribution in [1.82, 2.24) is 0 Å². The Hall–Kier alpha value is -1.64. The molecule has 0 spiro atoms. The van der Waals surface area contributed by atoms with Crippen LogP contribution in [0.15, 0.2) is 46.0 Å². The van der Waals surface area contributed by atoms with E-state index in [2.05, 4.69) is 0 Å². The predicted octanol–water partition coefficient (Wildman–Crippen LogP) is 2.66. The van der Waals surface area contributed by atoms with Crippen molar-refractivity contribution in [3.63, 3.8) is 0 Å². The quantitative estimate of drug-likeness (QED) is 0.660. The number of hydrogen-bond acceptors (Lipinski definition) is 3. The minimum Gasteiger partial charge on any atom is -0.469 e. The van der Waals surface area contributed by atoms with E-state index in [-0.39, 0.29) is 0 Å². The van der Waals surface area contributed by atoms with Crippen molar-refractivity contribution in [2.75, 3.05) is 0 Å². The van der Waals surface area contributed by atoms with E-state index < -0.39 is 0 Å².